The first-order chi connectivity index (χ1) is 22.9. The van der Waals surface area contributed by atoms with Gasteiger partial charge in [0.15, 0.2) is 0 Å². The number of benzene rings is 6. The number of ether oxygens (including phenoxy) is 2. The standard InChI is InChI=1S/C43H32O4/c1-27-16-20-30(21-17-27)41(44)46-36-24-25-37(47-42(45)31-22-18-28(2)19-23-31)40-39(36)38-32-12-6-8-14-34(32)43(40,26-29-10-4-3-5-11-29)35-15-9-7-13-33(35)38/h3-25,38H,26H2,1-2H3. The molecule has 4 heteroatoms. The number of carbonyl (C=O) groups is 2. The fraction of sp³-hybridized carbons (Fsp3) is 0.116. The van der Waals surface area contributed by atoms with E-state index in [1.165, 1.54) is 0 Å². The number of carbonyl (C=O) groups excluding carboxylic acids is 2. The molecular weight excluding hydrogens is 580 g/mol. The first-order valence-electron chi connectivity index (χ1n) is 15.9. The Morgan fingerprint density at radius 1 is 0.553 bits per heavy atom. The third-order valence-corrected chi connectivity index (χ3v) is 9.64. The maximum Gasteiger partial charge on any atom is 0.343 e. The zero-order valence-corrected chi connectivity index (χ0v) is 26.2. The van der Waals surface area contributed by atoms with Crippen LogP contribution in [-0.2, 0) is 11.8 Å². The third-order valence-electron chi connectivity index (χ3n) is 9.64. The molecule has 6 aromatic carbocycles. The van der Waals surface area contributed by atoms with E-state index in [4.69, 9.17) is 9.47 Å². The molecule has 4 nitrogen and oxygen atoms in total. The Labute approximate surface area is 274 Å². The van der Waals surface area contributed by atoms with Crippen molar-refractivity contribution < 1.29 is 19.1 Å². The van der Waals surface area contributed by atoms with Gasteiger partial charge in [0.25, 0.3) is 0 Å². The molecule has 2 bridgehead atoms. The number of rotatable bonds is 6. The number of hydrogen-bond acceptors (Lipinski definition) is 4. The summed E-state index contributed by atoms with van der Waals surface area (Å²) < 4.78 is 12.7. The van der Waals surface area contributed by atoms with Gasteiger partial charge in [0.2, 0.25) is 0 Å². The van der Waals surface area contributed by atoms with E-state index in [9.17, 15) is 9.59 Å². The Morgan fingerprint density at radius 3 is 1.57 bits per heavy atom. The predicted molar refractivity (Wildman–Crippen MR) is 183 cm³/mol. The molecule has 0 amide bonds. The van der Waals surface area contributed by atoms with Gasteiger partial charge in [0.1, 0.15) is 11.5 Å². The fourth-order valence-electron chi connectivity index (χ4n) is 7.53. The molecule has 0 atom stereocenters. The van der Waals surface area contributed by atoms with Crippen molar-refractivity contribution in [3.8, 4) is 11.5 Å². The summed E-state index contributed by atoms with van der Waals surface area (Å²) in [6, 6.07) is 45.8. The molecule has 47 heavy (non-hydrogen) atoms. The minimum absolute atomic E-state index is 0.228. The van der Waals surface area contributed by atoms with E-state index in [-0.39, 0.29) is 5.92 Å². The van der Waals surface area contributed by atoms with Crippen molar-refractivity contribution in [3.63, 3.8) is 0 Å². The summed E-state index contributed by atoms with van der Waals surface area (Å²) in [6.07, 6.45) is 0.617. The average molecular weight is 613 g/mol. The highest BCUT2D eigenvalue weighted by atomic mass is 16.5. The van der Waals surface area contributed by atoms with Crippen LogP contribution in [0.5, 0.6) is 11.5 Å². The molecule has 3 aliphatic rings. The van der Waals surface area contributed by atoms with Gasteiger partial charge >= 0.3 is 11.9 Å². The van der Waals surface area contributed by atoms with Crippen LogP contribution in [0.25, 0.3) is 0 Å². The monoisotopic (exact) mass is 612 g/mol. The Bertz CT molecular complexity index is 2110. The quantitative estimate of drug-likeness (QED) is 0.139. The first-order valence-corrected chi connectivity index (χ1v) is 15.9. The summed E-state index contributed by atoms with van der Waals surface area (Å²) in [5.74, 6) is -0.169. The lowest BCUT2D eigenvalue weighted by atomic mass is 9.51. The zero-order chi connectivity index (χ0) is 32.1. The molecule has 9 rings (SSSR count). The number of esters is 2. The van der Waals surface area contributed by atoms with Crippen molar-refractivity contribution in [1.29, 1.82) is 0 Å². The van der Waals surface area contributed by atoms with E-state index in [2.05, 4.69) is 72.8 Å². The van der Waals surface area contributed by atoms with E-state index < -0.39 is 17.4 Å². The lowest BCUT2D eigenvalue weighted by molar-refractivity contribution is 0.0714. The van der Waals surface area contributed by atoms with Crippen molar-refractivity contribution in [2.24, 2.45) is 0 Å². The fourth-order valence-corrected chi connectivity index (χ4v) is 7.53. The van der Waals surface area contributed by atoms with Gasteiger partial charge in [-0.3, -0.25) is 0 Å². The summed E-state index contributed by atoms with van der Waals surface area (Å²) in [5, 5.41) is 0. The normalized spacial score (nSPS) is 16.9. The molecule has 228 valence electrons. The van der Waals surface area contributed by atoms with E-state index in [1.54, 1.807) is 36.4 Å². The minimum atomic E-state index is -0.728. The minimum Gasteiger partial charge on any atom is -0.423 e. The van der Waals surface area contributed by atoms with Crippen LogP contribution < -0.4 is 9.47 Å². The highest BCUT2D eigenvalue weighted by Gasteiger charge is 2.54. The van der Waals surface area contributed by atoms with Crippen LogP contribution in [-0.4, -0.2) is 11.9 Å². The lowest BCUT2D eigenvalue weighted by Crippen LogP contribution is -2.44. The topological polar surface area (TPSA) is 52.6 Å². The van der Waals surface area contributed by atoms with E-state index in [0.717, 1.165) is 50.1 Å². The summed E-state index contributed by atoms with van der Waals surface area (Å²) >= 11 is 0. The molecule has 0 saturated heterocycles. The van der Waals surface area contributed by atoms with Crippen LogP contribution in [0.15, 0.2) is 140 Å². The van der Waals surface area contributed by atoms with Crippen molar-refractivity contribution in [3.05, 3.63) is 201 Å². The molecule has 0 aromatic heterocycles. The lowest BCUT2D eigenvalue weighted by Gasteiger charge is -2.51. The molecular formula is C43H32O4. The van der Waals surface area contributed by atoms with Gasteiger partial charge < -0.3 is 9.47 Å². The van der Waals surface area contributed by atoms with Crippen LogP contribution >= 0.6 is 0 Å². The van der Waals surface area contributed by atoms with Gasteiger partial charge in [-0.1, -0.05) is 114 Å². The van der Waals surface area contributed by atoms with Crippen LogP contribution in [0.3, 0.4) is 0 Å². The molecule has 0 fully saturated rings. The highest BCUT2D eigenvalue weighted by molar-refractivity contribution is 5.93. The highest BCUT2D eigenvalue weighted by Crippen LogP contribution is 2.64. The molecule has 0 spiro atoms. The smallest absolute Gasteiger partial charge is 0.343 e. The second-order valence-corrected chi connectivity index (χ2v) is 12.5. The van der Waals surface area contributed by atoms with E-state index in [0.29, 0.717) is 29.0 Å². The molecule has 0 radical (unpaired) electrons. The third kappa shape index (κ3) is 4.68. The molecule has 0 heterocycles. The zero-order valence-electron chi connectivity index (χ0n) is 26.2. The molecule has 6 aromatic rings. The van der Waals surface area contributed by atoms with Crippen LogP contribution in [0.1, 0.15) is 76.7 Å². The second-order valence-electron chi connectivity index (χ2n) is 12.5. The van der Waals surface area contributed by atoms with Crippen molar-refractivity contribution >= 4 is 11.9 Å². The Kier molecular flexibility index (Phi) is 6.87. The molecule has 0 saturated carbocycles. The van der Waals surface area contributed by atoms with E-state index >= 15 is 0 Å². The van der Waals surface area contributed by atoms with Gasteiger partial charge in [-0.05, 0) is 84.5 Å². The SMILES string of the molecule is Cc1ccc(C(=O)Oc2ccc(OC(=O)c3ccc(C)cc3)c3c2C2c4ccccc4C3(Cc3ccccc3)c3ccccc32)cc1. The second kappa shape index (κ2) is 11.3. The first kappa shape index (κ1) is 28.7. The molecule has 0 aliphatic heterocycles. The Balaban J connectivity index is 1.39. The van der Waals surface area contributed by atoms with Gasteiger partial charge in [-0.2, -0.15) is 0 Å². The summed E-state index contributed by atoms with van der Waals surface area (Å²) in [5.41, 5.74) is 9.83. The van der Waals surface area contributed by atoms with Crippen molar-refractivity contribution in [1.82, 2.24) is 0 Å². The summed E-state index contributed by atoms with van der Waals surface area (Å²) in [4.78, 5) is 27.4. The van der Waals surface area contributed by atoms with Crippen molar-refractivity contribution in [2.75, 3.05) is 0 Å². The predicted octanol–water partition coefficient (Wildman–Crippen LogP) is 9.13. The van der Waals surface area contributed by atoms with Crippen LogP contribution in [0.4, 0.5) is 0 Å². The Morgan fingerprint density at radius 2 is 1.02 bits per heavy atom. The maximum atomic E-state index is 13.7. The van der Waals surface area contributed by atoms with E-state index in [1.807, 2.05) is 44.2 Å². The number of hydrogen-bond donors (Lipinski definition) is 0. The summed E-state index contributed by atoms with van der Waals surface area (Å²) in [7, 11) is 0. The van der Waals surface area contributed by atoms with Gasteiger partial charge in [-0.25, -0.2) is 9.59 Å². The van der Waals surface area contributed by atoms with Gasteiger partial charge in [0.05, 0.1) is 16.5 Å². The van der Waals surface area contributed by atoms with Gasteiger partial charge in [-0.15, -0.1) is 0 Å². The average Bonchev–Trinajstić information content (AvgIpc) is 3.10. The Hall–Kier alpha value is -5.74. The van der Waals surface area contributed by atoms with Crippen LogP contribution in [0, 0.1) is 13.8 Å². The van der Waals surface area contributed by atoms with Crippen LogP contribution in [0.2, 0.25) is 0 Å². The number of aryl methyl sites for hydroxylation is 2. The molecule has 0 unspecified atom stereocenters. The maximum absolute atomic E-state index is 13.7. The molecule has 0 N–H and O–H groups in total. The van der Waals surface area contributed by atoms with Crippen molar-refractivity contribution in [2.45, 2.75) is 31.6 Å². The van der Waals surface area contributed by atoms with Gasteiger partial charge in [0, 0.05) is 17.0 Å². The molecule has 3 aliphatic carbocycles. The summed E-state index contributed by atoms with van der Waals surface area (Å²) in [6.45, 7) is 3.97. The largest absolute Gasteiger partial charge is 0.423 e.